The van der Waals surface area contributed by atoms with Crippen LogP contribution in [0.2, 0.25) is 0 Å². The Labute approximate surface area is 133 Å². The summed E-state index contributed by atoms with van der Waals surface area (Å²) >= 11 is 0. The van der Waals surface area contributed by atoms with Crippen LogP contribution in [0.5, 0.6) is 0 Å². The van der Waals surface area contributed by atoms with Crippen molar-refractivity contribution in [1.29, 1.82) is 0 Å². The van der Waals surface area contributed by atoms with Gasteiger partial charge in [0.15, 0.2) is 0 Å². The third kappa shape index (κ3) is 3.72. The van der Waals surface area contributed by atoms with Gasteiger partial charge in [0.25, 0.3) is 5.91 Å². The van der Waals surface area contributed by atoms with Crippen molar-refractivity contribution in [2.75, 3.05) is 26.9 Å². The van der Waals surface area contributed by atoms with Gasteiger partial charge in [-0.25, -0.2) is 9.97 Å². The average Bonchev–Trinajstić information content (AvgIpc) is 3.02. The largest absolute Gasteiger partial charge is 0.383 e. The summed E-state index contributed by atoms with van der Waals surface area (Å²) < 4.78 is 12.7. The average molecular weight is 317 g/mol. The topological polar surface area (TPSA) is 91.2 Å². The summed E-state index contributed by atoms with van der Waals surface area (Å²) in [7, 11) is 1.66. The second-order valence-corrected chi connectivity index (χ2v) is 5.21. The molecule has 0 aromatic carbocycles. The van der Waals surface area contributed by atoms with Crippen LogP contribution in [0, 0.1) is 0 Å². The number of carbonyl (C=O) groups is 1. The lowest BCUT2D eigenvalue weighted by atomic mass is 10.1. The van der Waals surface area contributed by atoms with E-state index in [-0.39, 0.29) is 12.0 Å². The van der Waals surface area contributed by atoms with Crippen molar-refractivity contribution in [3.63, 3.8) is 0 Å². The monoisotopic (exact) mass is 317 g/mol. The van der Waals surface area contributed by atoms with Gasteiger partial charge in [-0.1, -0.05) is 0 Å². The zero-order valence-electron chi connectivity index (χ0n) is 12.9. The Balaban J connectivity index is 1.64. The molecule has 3 rings (SSSR count). The summed E-state index contributed by atoms with van der Waals surface area (Å²) in [5, 5.41) is 7.39. The standard InChI is InChI=1S/C15H19N5O3/c1-22-7-5-20-9-11-3-6-23-13(14(11)19-20)8-17-15(21)12-2-4-16-10-18-12/h2,4,9-10,13H,3,5-8H2,1H3,(H,17,21). The highest BCUT2D eigenvalue weighted by Crippen LogP contribution is 2.25. The van der Waals surface area contributed by atoms with E-state index < -0.39 is 0 Å². The molecule has 0 bridgehead atoms. The van der Waals surface area contributed by atoms with E-state index in [9.17, 15) is 4.79 Å². The number of fused-ring (bicyclic) bond motifs is 1. The van der Waals surface area contributed by atoms with E-state index in [2.05, 4.69) is 20.4 Å². The van der Waals surface area contributed by atoms with Crippen LogP contribution in [0.15, 0.2) is 24.8 Å². The fourth-order valence-electron chi connectivity index (χ4n) is 2.49. The van der Waals surface area contributed by atoms with Crippen LogP contribution in [0.4, 0.5) is 0 Å². The molecular formula is C15H19N5O3. The van der Waals surface area contributed by atoms with Crippen LogP contribution in [0.25, 0.3) is 0 Å². The van der Waals surface area contributed by atoms with Crippen LogP contribution in [-0.4, -0.2) is 52.5 Å². The Kier molecular flexibility index (Phi) is 4.94. The summed E-state index contributed by atoms with van der Waals surface area (Å²) in [4.78, 5) is 19.8. The van der Waals surface area contributed by atoms with E-state index in [1.807, 2.05) is 10.9 Å². The van der Waals surface area contributed by atoms with Gasteiger partial charge in [-0.15, -0.1) is 0 Å². The fraction of sp³-hybridized carbons (Fsp3) is 0.467. The minimum atomic E-state index is -0.248. The van der Waals surface area contributed by atoms with Crippen LogP contribution in [-0.2, 0) is 22.4 Å². The van der Waals surface area contributed by atoms with Crippen molar-refractivity contribution in [3.8, 4) is 0 Å². The minimum Gasteiger partial charge on any atom is -0.383 e. The first kappa shape index (κ1) is 15.6. The molecule has 3 heterocycles. The first-order valence-electron chi connectivity index (χ1n) is 7.49. The van der Waals surface area contributed by atoms with Gasteiger partial charge < -0.3 is 14.8 Å². The van der Waals surface area contributed by atoms with Crippen molar-refractivity contribution >= 4 is 5.91 Å². The van der Waals surface area contributed by atoms with E-state index in [1.54, 1.807) is 13.2 Å². The maximum Gasteiger partial charge on any atom is 0.270 e. The lowest BCUT2D eigenvalue weighted by Gasteiger charge is -2.22. The molecule has 122 valence electrons. The second kappa shape index (κ2) is 7.30. The molecular weight excluding hydrogens is 298 g/mol. The molecule has 1 amide bonds. The number of amides is 1. The molecule has 0 fully saturated rings. The number of methoxy groups -OCH3 is 1. The van der Waals surface area contributed by atoms with Gasteiger partial charge in [0.05, 0.1) is 25.5 Å². The molecule has 23 heavy (non-hydrogen) atoms. The first-order valence-corrected chi connectivity index (χ1v) is 7.49. The number of hydrogen-bond acceptors (Lipinski definition) is 6. The highest BCUT2D eigenvalue weighted by molar-refractivity contribution is 5.92. The summed E-state index contributed by atoms with van der Waals surface area (Å²) in [5.74, 6) is -0.248. The van der Waals surface area contributed by atoms with Crippen molar-refractivity contribution < 1.29 is 14.3 Å². The Morgan fingerprint density at radius 1 is 1.57 bits per heavy atom. The molecule has 2 aromatic heterocycles. The van der Waals surface area contributed by atoms with Crippen LogP contribution < -0.4 is 5.32 Å². The van der Waals surface area contributed by atoms with Gasteiger partial charge in [0.1, 0.15) is 18.1 Å². The van der Waals surface area contributed by atoms with Crippen molar-refractivity contribution in [3.05, 3.63) is 41.7 Å². The summed E-state index contributed by atoms with van der Waals surface area (Å²) in [6, 6.07) is 1.57. The smallest absolute Gasteiger partial charge is 0.270 e. The Bertz CT molecular complexity index is 658. The van der Waals surface area contributed by atoms with Gasteiger partial charge in [0.2, 0.25) is 0 Å². The first-order chi connectivity index (χ1) is 11.3. The van der Waals surface area contributed by atoms with Crippen molar-refractivity contribution in [2.24, 2.45) is 0 Å². The second-order valence-electron chi connectivity index (χ2n) is 5.21. The number of rotatable bonds is 6. The predicted octanol–water partition coefficient (Wildman–Crippen LogP) is 0.363. The minimum absolute atomic E-state index is 0.242. The molecule has 8 nitrogen and oxygen atoms in total. The molecule has 1 aliphatic rings. The number of aromatic nitrogens is 4. The SMILES string of the molecule is COCCn1cc2c(n1)C(CNC(=O)c1ccncn1)OCC2. The molecule has 1 aliphatic heterocycles. The lowest BCUT2D eigenvalue weighted by Crippen LogP contribution is -2.32. The number of nitrogens with one attached hydrogen (secondary N) is 1. The van der Waals surface area contributed by atoms with Crippen molar-refractivity contribution in [1.82, 2.24) is 25.1 Å². The van der Waals surface area contributed by atoms with Crippen LogP contribution >= 0.6 is 0 Å². The number of nitrogens with zero attached hydrogens (tertiary/aromatic N) is 4. The molecule has 1 unspecified atom stereocenters. The summed E-state index contributed by atoms with van der Waals surface area (Å²) in [6.45, 7) is 2.29. The maximum absolute atomic E-state index is 12.0. The third-order valence-corrected chi connectivity index (χ3v) is 3.65. The van der Waals surface area contributed by atoms with E-state index in [4.69, 9.17) is 9.47 Å². The van der Waals surface area contributed by atoms with E-state index in [1.165, 1.54) is 12.5 Å². The Hall–Kier alpha value is -2.32. The Morgan fingerprint density at radius 3 is 3.26 bits per heavy atom. The highest BCUT2D eigenvalue weighted by Gasteiger charge is 2.25. The fourth-order valence-corrected chi connectivity index (χ4v) is 2.49. The predicted molar refractivity (Wildman–Crippen MR) is 80.9 cm³/mol. The highest BCUT2D eigenvalue weighted by atomic mass is 16.5. The summed E-state index contributed by atoms with van der Waals surface area (Å²) in [5.41, 5.74) is 2.38. The number of ether oxygens (including phenoxy) is 2. The zero-order chi connectivity index (χ0) is 16.1. The van der Waals surface area contributed by atoms with Gasteiger partial charge in [-0.3, -0.25) is 9.48 Å². The maximum atomic E-state index is 12.0. The third-order valence-electron chi connectivity index (χ3n) is 3.65. The van der Waals surface area contributed by atoms with E-state index in [0.717, 1.165) is 17.7 Å². The zero-order valence-corrected chi connectivity index (χ0v) is 12.9. The van der Waals surface area contributed by atoms with Gasteiger partial charge in [-0.2, -0.15) is 5.10 Å². The molecule has 1 atom stereocenters. The quantitative estimate of drug-likeness (QED) is 0.827. The molecule has 0 aliphatic carbocycles. The Morgan fingerprint density at radius 2 is 2.48 bits per heavy atom. The molecule has 1 N–H and O–H groups in total. The van der Waals surface area contributed by atoms with Crippen LogP contribution in [0.1, 0.15) is 27.8 Å². The van der Waals surface area contributed by atoms with E-state index in [0.29, 0.717) is 32.0 Å². The summed E-state index contributed by atoms with van der Waals surface area (Å²) in [6.07, 6.45) is 5.50. The molecule has 2 aromatic rings. The van der Waals surface area contributed by atoms with Crippen molar-refractivity contribution in [2.45, 2.75) is 19.1 Å². The molecule has 8 heteroatoms. The van der Waals surface area contributed by atoms with Gasteiger partial charge >= 0.3 is 0 Å². The van der Waals surface area contributed by atoms with Gasteiger partial charge in [-0.05, 0) is 18.1 Å². The van der Waals surface area contributed by atoms with Gasteiger partial charge in [0, 0.05) is 26.0 Å². The van der Waals surface area contributed by atoms with E-state index >= 15 is 0 Å². The molecule has 0 saturated heterocycles. The normalized spacial score (nSPS) is 16.8. The molecule has 0 spiro atoms. The lowest BCUT2D eigenvalue weighted by molar-refractivity contribution is 0.0382. The number of hydrogen-bond donors (Lipinski definition) is 1. The number of carbonyl (C=O) groups excluding carboxylic acids is 1. The molecule has 0 saturated carbocycles. The van der Waals surface area contributed by atoms with Crippen LogP contribution in [0.3, 0.4) is 0 Å². The molecule has 0 radical (unpaired) electrons.